The Labute approximate surface area is 255 Å². The van der Waals surface area contributed by atoms with Gasteiger partial charge in [0, 0.05) is 0 Å². The highest BCUT2D eigenvalue weighted by atomic mass is 19.4. The Bertz CT molecular complexity index is 1190. The molecule has 2 saturated heterocycles. The van der Waals surface area contributed by atoms with Crippen molar-refractivity contribution in [2.75, 3.05) is 6.61 Å². The Kier molecular flexibility index (Phi) is 11.6. The van der Waals surface area contributed by atoms with Crippen molar-refractivity contribution in [3.63, 3.8) is 0 Å². The molecule has 0 saturated carbocycles. The van der Waals surface area contributed by atoms with Gasteiger partial charge in [0.1, 0.15) is 12.7 Å². The SMILES string of the molecule is C=C[C@]1(C)CC[C@H](O[C@@H]2O[C@H](COC(=O)C(F)(F)F)[C@@H](OC(=O)C(F)(F)F)[C@H](OC(=O)C(F)(F)F)[C@H]2OC(=O)C(F)(F)F)C(C)(C)O1. The van der Waals surface area contributed by atoms with Crippen LogP contribution in [0.4, 0.5) is 52.7 Å². The topological polar surface area (TPSA) is 133 Å². The highest BCUT2D eigenvalue weighted by molar-refractivity contribution is 5.78. The van der Waals surface area contributed by atoms with Crippen molar-refractivity contribution >= 4 is 23.9 Å². The third kappa shape index (κ3) is 10.3. The second-order valence-electron chi connectivity index (χ2n) is 10.6. The molecule has 0 radical (unpaired) electrons. The summed E-state index contributed by atoms with van der Waals surface area (Å²) in [5.41, 5.74) is -2.62. The summed E-state index contributed by atoms with van der Waals surface area (Å²) in [4.78, 5) is 46.6. The van der Waals surface area contributed by atoms with E-state index in [0.717, 1.165) is 0 Å². The summed E-state index contributed by atoms with van der Waals surface area (Å²) in [7, 11) is 0. The first-order valence-electron chi connectivity index (χ1n) is 12.7. The van der Waals surface area contributed by atoms with E-state index in [1.54, 1.807) is 0 Å². The van der Waals surface area contributed by atoms with Crippen molar-refractivity contribution in [3.8, 4) is 0 Å². The lowest BCUT2D eigenvalue weighted by atomic mass is 9.85. The summed E-state index contributed by atoms with van der Waals surface area (Å²) >= 11 is 0. The van der Waals surface area contributed by atoms with E-state index in [4.69, 9.17) is 14.2 Å². The first kappa shape index (κ1) is 39.8. The van der Waals surface area contributed by atoms with Gasteiger partial charge in [-0.25, -0.2) is 19.2 Å². The number of carbonyl (C=O) groups is 4. The molecule has 0 aliphatic carbocycles. The van der Waals surface area contributed by atoms with E-state index >= 15 is 0 Å². The lowest BCUT2D eigenvalue weighted by Gasteiger charge is -2.50. The smallest absolute Gasteiger partial charge is 0.456 e. The van der Waals surface area contributed by atoms with E-state index in [1.165, 1.54) is 26.8 Å². The Morgan fingerprint density at radius 2 is 1.15 bits per heavy atom. The molecule has 270 valence electrons. The number of esters is 4. The number of hydrogen-bond donors (Lipinski definition) is 0. The van der Waals surface area contributed by atoms with Crippen LogP contribution in [0, 0.1) is 0 Å². The maximum absolute atomic E-state index is 13.2. The normalized spacial score (nSPS) is 30.1. The maximum Gasteiger partial charge on any atom is 0.490 e. The molecule has 0 amide bonds. The fourth-order valence-corrected chi connectivity index (χ4v) is 4.36. The minimum atomic E-state index is -6.07. The van der Waals surface area contributed by atoms with E-state index in [-0.39, 0.29) is 12.8 Å². The average Bonchev–Trinajstić information content (AvgIpc) is 2.89. The summed E-state index contributed by atoms with van der Waals surface area (Å²) < 4.78 is 189. The Morgan fingerprint density at radius 3 is 1.55 bits per heavy atom. The number of ether oxygens (including phenoxy) is 7. The van der Waals surface area contributed by atoms with Crippen LogP contribution in [0.3, 0.4) is 0 Å². The molecule has 2 aliphatic heterocycles. The van der Waals surface area contributed by atoms with Crippen LogP contribution in [-0.4, -0.2) is 103 Å². The molecule has 0 N–H and O–H groups in total. The highest BCUT2D eigenvalue weighted by Gasteiger charge is 2.60. The monoisotopic (exact) mass is 716 g/mol. The van der Waals surface area contributed by atoms with Crippen molar-refractivity contribution in [2.45, 2.75) is 106 Å². The van der Waals surface area contributed by atoms with E-state index in [0.29, 0.717) is 0 Å². The quantitative estimate of drug-likeness (QED) is 0.155. The van der Waals surface area contributed by atoms with Crippen molar-refractivity contribution in [3.05, 3.63) is 12.7 Å². The third-order valence-electron chi connectivity index (χ3n) is 6.53. The Balaban J connectivity index is 2.73. The zero-order chi connectivity index (χ0) is 36.6. The Hall–Kier alpha value is -3.34. The largest absolute Gasteiger partial charge is 0.490 e. The first-order valence-corrected chi connectivity index (χ1v) is 12.7. The molecule has 0 spiro atoms. The van der Waals surface area contributed by atoms with Crippen LogP contribution < -0.4 is 0 Å². The van der Waals surface area contributed by atoms with Gasteiger partial charge in [-0.1, -0.05) is 6.08 Å². The van der Waals surface area contributed by atoms with Crippen LogP contribution in [0.2, 0.25) is 0 Å². The van der Waals surface area contributed by atoms with Gasteiger partial charge in [-0.2, -0.15) is 52.7 Å². The van der Waals surface area contributed by atoms with Gasteiger partial charge in [-0.15, -0.1) is 6.58 Å². The minimum absolute atomic E-state index is 0.00918. The van der Waals surface area contributed by atoms with E-state index in [9.17, 15) is 71.9 Å². The fourth-order valence-electron chi connectivity index (χ4n) is 4.36. The molecule has 0 aromatic carbocycles. The molecule has 23 heteroatoms. The van der Waals surface area contributed by atoms with Gasteiger partial charge in [0.25, 0.3) is 0 Å². The van der Waals surface area contributed by atoms with Crippen molar-refractivity contribution < 1.29 is 105 Å². The number of alkyl halides is 12. The summed E-state index contributed by atoms with van der Waals surface area (Å²) in [6.45, 7) is 5.74. The number of halogens is 12. The molecule has 0 aromatic rings. The fraction of sp³-hybridized carbons (Fsp3) is 0.750. The molecular weight excluding hydrogens is 692 g/mol. The van der Waals surface area contributed by atoms with Gasteiger partial charge in [0.2, 0.25) is 0 Å². The average molecular weight is 716 g/mol. The molecule has 2 heterocycles. The molecular formula is C24H24F12O11. The first-order chi connectivity index (χ1) is 21.0. The van der Waals surface area contributed by atoms with E-state index in [1.807, 2.05) is 0 Å². The molecule has 0 bridgehead atoms. The number of rotatable bonds is 8. The lowest BCUT2D eigenvalue weighted by molar-refractivity contribution is -0.345. The predicted molar refractivity (Wildman–Crippen MR) is 121 cm³/mol. The lowest BCUT2D eigenvalue weighted by Crippen LogP contribution is -2.66. The second kappa shape index (κ2) is 13.6. The van der Waals surface area contributed by atoms with Crippen LogP contribution in [0.25, 0.3) is 0 Å². The van der Waals surface area contributed by atoms with Crippen LogP contribution in [-0.2, 0) is 52.3 Å². The summed E-state index contributed by atoms with van der Waals surface area (Å²) in [5.74, 6) is -13.1. The van der Waals surface area contributed by atoms with Gasteiger partial charge in [-0.05, 0) is 33.6 Å². The molecule has 0 aromatic heterocycles. The number of hydrogen-bond acceptors (Lipinski definition) is 11. The standard InChI is InChI=1S/C24H24F12O11/c1-5-20(4)7-6-10(19(2,3)47-20)43-14-13(46-18(40)24(34,35)36)12(45-17(39)23(31,32)33)11(44-16(38)22(28,29)30)9(42-14)8-41-15(37)21(25,26)27/h5,9-14H,1,6-8H2,2-4H3/t9-,10+,11-,12+,13-,14+,20-/m1/s1. The van der Waals surface area contributed by atoms with Gasteiger partial charge in [-0.3, -0.25) is 0 Å². The molecule has 0 unspecified atom stereocenters. The van der Waals surface area contributed by atoms with E-state index < -0.39 is 103 Å². The van der Waals surface area contributed by atoms with Gasteiger partial charge in [0.05, 0.1) is 17.3 Å². The molecule has 47 heavy (non-hydrogen) atoms. The van der Waals surface area contributed by atoms with Gasteiger partial charge >= 0.3 is 48.6 Å². The van der Waals surface area contributed by atoms with Crippen molar-refractivity contribution in [2.24, 2.45) is 0 Å². The van der Waals surface area contributed by atoms with E-state index in [2.05, 4.69) is 25.5 Å². The van der Waals surface area contributed by atoms with Crippen molar-refractivity contribution in [1.29, 1.82) is 0 Å². The minimum Gasteiger partial charge on any atom is -0.456 e. The van der Waals surface area contributed by atoms with Gasteiger partial charge in [0.15, 0.2) is 24.6 Å². The molecule has 7 atom stereocenters. The molecule has 11 nitrogen and oxygen atoms in total. The zero-order valence-electron chi connectivity index (χ0n) is 23.9. The number of carbonyl (C=O) groups excluding carboxylic acids is 4. The molecule has 2 fully saturated rings. The highest BCUT2D eigenvalue weighted by Crippen LogP contribution is 2.41. The van der Waals surface area contributed by atoms with Crippen LogP contribution in [0.1, 0.15) is 33.6 Å². The van der Waals surface area contributed by atoms with Crippen LogP contribution in [0.5, 0.6) is 0 Å². The summed E-state index contributed by atoms with van der Waals surface area (Å²) in [6, 6.07) is 0. The summed E-state index contributed by atoms with van der Waals surface area (Å²) in [5, 5.41) is 0. The van der Waals surface area contributed by atoms with Crippen LogP contribution >= 0.6 is 0 Å². The Morgan fingerprint density at radius 1 is 0.723 bits per heavy atom. The molecule has 2 aliphatic rings. The summed E-state index contributed by atoms with van der Waals surface area (Å²) in [6.07, 6.45) is -39.6. The van der Waals surface area contributed by atoms with Gasteiger partial charge < -0.3 is 33.2 Å². The van der Waals surface area contributed by atoms with Crippen LogP contribution in [0.15, 0.2) is 12.7 Å². The third-order valence-corrected chi connectivity index (χ3v) is 6.53. The zero-order valence-corrected chi connectivity index (χ0v) is 23.9. The maximum atomic E-state index is 13.2. The second-order valence-corrected chi connectivity index (χ2v) is 10.6. The van der Waals surface area contributed by atoms with Crippen molar-refractivity contribution in [1.82, 2.24) is 0 Å². The molecule has 2 rings (SSSR count). The predicted octanol–water partition coefficient (Wildman–Crippen LogP) is 4.16.